The number of hydrogen-bond acceptors (Lipinski definition) is 4. The monoisotopic (exact) mass is 512 g/mol. The summed E-state index contributed by atoms with van der Waals surface area (Å²) in [6.45, 7) is 1.98. The lowest BCUT2D eigenvalue weighted by Crippen LogP contribution is -2.31. The number of anilines is 1. The molecule has 194 valence electrons. The smallest absolute Gasteiger partial charge is 0.342 e. The van der Waals surface area contributed by atoms with E-state index in [1.165, 1.54) is 16.8 Å². The number of aromatic nitrogens is 2. The second kappa shape index (κ2) is 10.9. The average Bonchev–Trinajstić information content (AvgIpc) is 3.59. The fourth-order valence-corrected chi connectivity index (χ4v) is 4.82. The van der Waals surface area contributed by atoms with Gasteiger partial charge < -0.3 is 15.7 Å². The van der Waals surface area contributed by atoms with Gasteiger partial charge in [-0.15, -0.1) is 0 Å². The number of carbonyl (C=O) groups excluding carboxylic acids is 2. The normalized spacial score (nSPS) is 13.4. The Balaban J connectivity index is 1.38. The van der Waals surface area contributed by atoms with Crippen molar-refractivity contribution in [1.82, 2.24) is 15.1 Å². The van der Waals surface area contributed by atoms with Crippen LogP contribution in [-0.4, -0.2) is 26.8 Å². The largest absolute Gasteiger partial charge is 0.507 e. The minimum Gasteiger partial charge on any atom is -0.507 e. The molecule has 8 heteroatoms. The van der Waals surface area contributed by atoms with Gasteiger partial charge in [0.15, 0.2) is 0 Å². The summed E-state index contributed by atoms with van der Waals surface area (Å²) in [5.41, 5.74) is 4.05. The quantitative estimate of drug-likeness (QED) is 0.280. The van der Waals surface area contributed by atoms with Crippen molar-refractivity contribution in [3.05, 3.63) is 101 Å². The fraction of sp³-hybridized carbons (Fsp3) is 0.233. The molecule has 1 fully saturated rings. The van der Waals surface area contributed by atoms with Crippen LogP contribution < -0.4 is 10.6 Å². The topological polar surface area (TPSA) is 96.3 Å². The first kappa shape index (κ1) is 25.2. The molecule has 0 atom stereocenters. The first-order chi connectivity index (χ1) is 18.4. The van der Waals surface area contributed by atoms with Gasteiger partial charge in [-0.1, -0.05) is 48.7 Å². The SMILES string of the molecule is Cc1ccc(C(=O)Nc2ccc(-c3cc(C4CCCC4)n(C(=O)NCc4ccccc4F)n3)c(O)c2)cc1. The van der Waals surface area contributed by atoms with E-state index in [4.69, 9.17) is 0 Å². The van der Waals surface area contributed by atoms with Crippen LogP contribution in [-0.2, 0) is 6.54 Å². The summed E-state index contributed by atoms with van der Waals surface area (Å²) in [6, 6.07) is 19.7. The number of amides is 2. The van der Waals surface area contributed by atoms with Gasteiger partial charge in [-0.25, -0.2) is 9.18 Å². The third kappa shape index (κ3) is 5.44. The van der Waals surface area contributed by atoms with Crippen molar-refractivity contribution in [2.45, 2.75) is 45.1 Å². The molecule has 0 saturated heterocycles. The summed E-state index contributed by atoms with van der Waals surface area (Å²) >= 11 is 0. The molecule has 38 heavy (non-hydrogen) atoms. The summed E-state index contributed by atoms with van der Waals surface area (Å²) in [7, 11) is 0. The van der Waals surface area contributed by atoms with E-state index in [1.54, 1.807) is 42.5 Å². The lowest BCUT2D eigenvalue weighted by molar-refractivity contribution is 0.102. The number of hydrogen-bond donors (Lipinski definition) is 3. The predicted molar refractivity (Wildman–Crippen MR) is 144 cm³/mol. The first-order valence-electron chi connectivity index (χ1n) is 12.7. The van der Waals surface area contributed by atoms with Gasteiger partial charge in [0.1, 0.15) is 11.6 Å². The summed E-state index contributed by atoms with van der Waals surface area (Å²) in [5.74, 6) is -0.562. The van der Waals surface area contributed by atoms with Crippen LogP contribution in [0.3, 0.4) is 0 Å². The Morgan fingerprint density at radius 2 is 1.76 bits per heavy atom. The van der Waals surface area contributed by atoms with E-state index in [0.29, 0.717) is 28.1 Å². The van der Waals surface area contributed by atoms with Gasteiger partial charge in [0.25, 0.3) is 5.91 Å². The van der Waals surface area contributed by atoms with E-state index >= 15 is 0 Å². The van der Waals surface area contributed by atoms with Crippen LogP contribution in [0.2, 0.25) is 0 Å². The molecule has 0 bridgehead atoms. The highest BCUT2D eigenvalue weighted by molar-refractivity contribution is 6.04. The predicted octanol–water partition coefficient (Wildman–Crippen LogP) is 6.37. The Kier molecular flexibility index (Phi) is 7.22. The molecule has 1 aliphatic carbocycles. The maximum atomic E-state index is 14.0. The standard InChI is InChI=1S/C30H29FN4O3/c1-19-10-12-21(13-11-19)29(37)33-23-14-15-24(28(36)16-23)26-17-27(20-6-2-3-7-20)35(34-26)30(38)32-18-22-8-4-5-9-25(22)31/h4-5,8-17,20,36H,2-3,6-7,18H2,1H3,(H,32,38)(H,33,37). The van der Waals surface area contributed by atoms with Crippen LogP contribution in [0.5, 0.6) is 5.75 Å². The third-order valence-corrected chi connectivity index (χ3v) is 6.94. The van der Waals surface area contributed by atoms with Crippen molar-refractivity contribution >= 4 is 17.6 Å². The first-order valence-corrected chi connectivity index (χ1v) is 12.7. The van der Waals surface area contributed by atoms with Crippen LogP contribution in [0.4, 0.5) is 14.9 Å². The van der Waals surface area contributed by atoms with Crippen molar-refractivity contribution in [3.63, 3.8) is 0 Å². The van der Waals surface area contributed by atoms with E-state index in [1.807, 2.05) is 25.1 Å². The fourth-order valence-electron chi connectivity index (χ4n) is 4.82. The van der Waals surface area contributed by atoms with Crippen LogP contribution in [0.1, 0.15) is 58.8 Å². The molecule has 5 rings (SSSR count). The molecule has 0 aliphatic heterocycles. The number of rotatable bonds is 6. The van der Waals surface area contributed by atoms with Gasteiger partial charge in [-0.3, -0.25) is 4.79 Å². The minimum absolute atomic E-state index is 0.0332. The van der Waals surface area contributed by atoms with E-state index in [-0.39, 0.29) is 29.9 Å². The summed E-state index contributed by atoms with van der Waals surface area (Å²) in [5, 5.41) is 20.9. The highest BCUT2D eigenvalue weighted by atomic mass is 19.1. The van der Waals surface area contributed by atoms with Crippen molar-refractivity contribution in [1.29, 1.82) is 0 Å². The maximum absolute atomic E-state index is 14.0. The Labute approximate surface area is 220 Å². The van der Waals surface area contributed by atoms with Gasteiger partial charge in [-0.05, 0) is 56.2 Å². The van der Waals surface area contributed by atoms with Crippen LogP contribution in [0.25, 0.3) is 11.3 Å². The number of nitrogens with one attached hydrogen (secondary N) is 2. The summed E-state index contributed by atoms with van der Waals surface area (Å²) in [4.78, 5) is 25.7. The maximum Gasteiger partial charge on any atom is 0.342 e. The lowest BCUT2D eigenvalue weighted by atomic mass is 10.0. The zero-order valence-corrected chi connectivity index (χ0v) is 21.1. The number of benzene rings is 3. The molecule has 0 spiro atoms. The number of phenolic OH excluding ortho intramolecular Hbond substituents is 1. The zero-order chi connectivity index (χ0) is 26.6. The Hall–Kier alpha value is -4.46. The molecule has 2 amide bonds. The number of halogens is 1. The van der Waals surface area contributed by atoms with Gasteiger partial charge in [0, 0.05) is 40.9 Å². The van der Waals surface area contributed by atoms with Crippen LogP contribution in [0.15, 0.2) is 72.8 Å². The van der Waals surface area contributed by atoms with Crippen molar-refractivity contribution < 1.29 is 19.1 Å². The molecule has 7 nitrogen and oxygen atoms in total. The third-order valence-electron chi connectivity index (χ3n) is 6.94. The minimum atomic E-state index is -0.456. The molecule has 1 aromatic heterocycles. The summed E-state index contributed by atoms with van der Waals surface area (Å²) in [6.07, 6.45) is 4.04. The number of phenols is 1. The lowest BCUT2D eigenvalue weighted by Gasteiger charge is -2.12. The van der Waals surface area contributed by atoms with E-state index in [0.717, 1.165) is 36.9 Å². The van der Waals surface area contributed by atoms with Crippen molar-refractivity contribution in [3.8, 4) is 17.0 Å². The van der Waals surface area contributed by atoms with Crippen LogP contribution in [0, 0.1) is 12.7 Å². The van der Waals surface area contributed by atoms with Gasteiger partial charge >= 0.3 is 6.03 Å². The average molecular weight is 513 g/mol. The number of aromatic hydroxyl groups is 1. The second-order valence-electron chi connectivity index (χ2n) is 9.65. The molecular formula is C30H29FN4O3. The molecule has 4 aromatic rings. The molecular weight excluding hydrogens is 483 g/mol. The molecule has 0 unspecified atom stereocenters. The Morgan fingerprint density at radius 3 is 2.47 bits per heavy atom. The van der Waals surface area contributed by atoms with Crippen LogP contribution >= 0.6 is 0 Å². The molecule has 1 heterocycles. The van der Waals surface area contributed by atoms with E-state index in [9.17, 15) is 19.1 Å². The number of aryl methyl sites for hydroxylation is 1. The Bertz CT molecular complexity index is 1470. The highest BCUT2D eigenvalue weighted by Crippen LogP contribution is 2.38. The molecule has 1 aliphatic rings. The van der Waals surface area contributed by atoms with Gasteiger partial charge in [-0.2, -0.15) is 9.78 Å². The summed E-state index contributed by atoms with van der Waals surface area (Å²) < 4.78 is 15.4. The molecule has 0 radical (unpaired) electrons. The molecule has 1 saturated carbocycles. The van der Waals surface area contributed by atoms with E-state index in [2.05, 4.69) is 15.7 Å². The number of nitrogens with zero attached hydrogens (tertiary/aromatic N) is 2. The van der Waals surface area contributed by atoms with Gasteiger partial charge in [0.2, 0.25) is 0 Å². The number of carbonyl (C=O) groups is 2. The molecule has 3 aromatic carbocycles. The zero-order valence-electron chi connectivity index (χ0n) is 21.1. The van der Waals surface area contributed by atoms with Crippen molar-refractivity contribution in [2.24, 2.45) is 0 Å². The second-order valence-corrected chi connectivity index (χ2v) is 9.65. The molecule has 3 N–H and O–H groups in total. The van der Waals surface area contributed by atoms with E-state index < -0.39 is 6.03 Å². The van der Waals surface area contributed by atoms with Gasteiger partial charge in [0.05, 0.1) is 11.4 Å². The van der Waals surface area contributed by atoms with Crippen molar-refractivity contribution in [2.75, 3.05) is 5.32 Å². The Morgan fingerprint density at radius 1 is 1.03 bits per heavy atom. The highest BCUT2D eigenvalue weighted by Gasteiger charge is 2.26.